The summed E-state index contributed by atoms with van der Waals surface area (Å²) in [6, 6.07) is 0. The van der Waals surface area contributed by atoms with E-state index in [1.807, 2.05) is 19.0 Å². The van der Waals surface area contributed by atoms with Crippen molar-refractivity contribution < 1.29 is 4.79 Å². The van der Waals surface area contributed by atoms with Crippen molar-refractivity contribution >= 4 is 6.29 Å². The highest BCUT2D eigenvalue weighted by Crippen LogP contribution is 1.62. The molecule has 0 bridgehead atoms. The van der Waals surface area contributed by atoms with Gasteiger partial charge in [-0.25, -0.2) is 0 Å². The summed E-state index contributed by atoms with van der Waals surface area (Å²) < 4.78 is 0. The molecule has 0 radical (unpaired) electrons. The van der Waals surface area contributed by atoms with Gasteiger partial charge < -0.3 is 9.69 Å². The SMILES string of the molecule is CN(C)CC=O.CNN. The number of nitrogens with one attached hydrogen (secondary N) is 1. The molecule has 9 heavy (non-hydrogen) atoms. The number of carbonyl (C=O) groups is 1. The first-order chi connectivity index (χ1) is 4.18. The van der Waals surface area contributed by atoms with Gasteiger partial charge in [-0.1, -0.05) is 0 Å². The summed E-state index contributed by atoms with van der Waals surface area (Å²) in [5.41, 5.74) is 2.25. The minimum absolute atomic E-state index is 0.528. The topological polar surface area (TPSA) is 58.4 Å². The number of likely N-dealkylation sites (N-methyl/N-ethyl adjacent to an activating group) is 1. The van der Waals surface area contributed by atoms with Crippen LogP contribution in [0.4, 0.5) is 0 Å². The van der Waals surface area contributed by atoms with Gasteiger partial charge in [-0.3, -0.25) is 11.3 Å². The van der Waals surface area contributed by atoms with E-state index >= 15 is 0 Å². The lowest BCUT2D eigenvalue weighted by Crippen LogP contribution is -2.13. The normalized spacial score (nSPS) is 8.11. The Labute approximate surface area is 56.0 Å². The van der Waals surface area contributed by atoms with E-state index in [-0.39, 0.29) is 0 Å². The highest BCUT2D eigenvalue weighted by atomic mass is 16.1. The van der Waals surface area contributed by atoms with E-state index in [9.17, 15) is 4.79 Å². The fourth-order valence-electron chi connectivity index (χ4n) is 0.149. The van der Waals surface area contributed by atoms with Gasteiger partial charge in [0, 0.05) is 0 Å². The third-order valence-corrected chi connectivity index (χ3v) is 0.440. The molecule has 3 N–H and O–H groups in total. The maximum Gasteiger partial charge on any atom is 0.133 e. The van der Waals surface area contributed by atoms with Gasteiger partial charge in [0.1, 0.15) is 6.29 Å². The number of nitrogens with zero attached hydrogens (tertiary/aromatic N) is 1. The molecule has 0 aliphatic heterocycles. The predicted molar refractivity (Wildman–Crippen MR) is 37.9 cm³/mol. The van der Waals surface area contributed by atoms with Gasteiger partial charge in [0.25, 0.3) is 0 Å². The van der Waals surface area contributed by atoms with Crippen LogP contribution in [0.1, 0.15) is 0 Å². The van der Waals surface area contributed by atoms with Gasteiger partial charge in [0.2, 0.25) is 0 Å². The fourth-order valence-corrected chi connectivity index (χ4v) is 0.149. The molecule has 0 aromatic heterocycles. The predicted octanol–water partition coefficient (Wildman–Crippen LogP) is -1.17. The summed E-state index contributed by atoms with van der Waals surface area (Å²) in [5.74, 6) is 4.60. The van der Waals surface area contributed by atoms with Crippen LogP contribution >= 0.6 is 0 Å². The molecule has 4 heteroatoms. The Balaban J connectivity index is 0. The molecular weight excluding hydrogens is 118 g/mol. The molecule has 0 atom stereocenters. The van der Waals surface area contributed by atoms with E-state index < -0.39 is 0 Å². The molecule has 0 unspecified atom stereocenters. The standard InChI is InChI=1S/C4H9NO.CH6N2/c1-5(2)3-4-6;1-3-2/h4H,3H2,1-2H3;3H,2H2,1H3. The van der Waals surface area contributed by atoms with Crippen LogP contribution in [0, 0.1) is 0 Å². The average molecular weight is 133 g/mol. The molecule has 0 heterocycles. The van der Waals surface area contributed by atoms with E-state index in [0.717, 1.165) is 6.29 Å². The van der Waals surface area contributed by atoms with Crippen molar-refractivity contribution in [1.82, 2.24) is 10.3 Å². The van der Waals surface area contributed by atoms with Crippen LogP contribution in [0.25, 0.3) is 0 Å². The van der Waals surface area contributed by atoms with E-state index in [2.05, 4.69) is 11.3 Å². The first kappa shape index (κ1) is 11.4. The number of hydrazine groups is 1. The molecule has 0 fully saturated rings. The molecule has 0 rings (SSSR count). The van der Waals surface area contributed by atoms with Crippen molar-refractivity contribution in [2.75, 3.05) is 27.7 Å². The Bertz CT molecular complexity index is 56.2. The Morgan fingerprint density at radius 3 is 2.00 bits per heavy atom. The fraction of sp³-hybridized carbons (Fsp3) is 0.800. The zero-order chi connectivity index (χ0) is 7.70. The lowest BCUT2D eigenvalue weighted by atomic mass is 10.7. The number of nitrogens with two attached hydrogens (primary N) is 1. The van der Waals surface area contributed by atoms with Crippen LogP contribution in [0.3, 0.4) is 0 Å². The highest BCUT2D eigenvalue weighted by molar-refractivity contribution is 5.51. The number of rotatable bonds is 2. The molecule has 0 aliphatic carbocycles. The minimum atomic E-state index is 0.528. The van der Waals surface area contributed by atoms with Crippen molar-refractivity contribution in [2.24, 2.45) is 5.84 Å². The summed E-state index contributed by atoms with van der Waals surface area (Å²) in [5, 5.41) is 0. The van der Waals surface area contributed by atoms with Gasteiger partial charge in [-0.15, -0.1) is 0 Å². The van der Waals surface area contributed by atoms with Crippen LogP contribution < -0.4 is 11.3 Å². The Morgan fingerprint density at radius 1 is 1.67 bits per heavy atom. The first-order valence-corrected chi connectivity index (χ1v) is 2.64. The second-order valence-corrected chi connectivity index (χ2v) is 1.72. The van der Waals surface area contributed by atoms with Crippen molar-refractivity contribution in [1.29, 1.82) is 0 Å². The second kappa shape index (κ2) is 10.5. The molecule has 0 aromatic carbocycles. The van der Waals surface area contributed by atoms with Crippen molar-refractivity contribution in [3.8, 4) is 0 Å². The molecular formula is C5H15N3O. The van der Waals surface area contributed by atoms with Gasteiger partial charge in [-0.2, -0.15) is 0 Å². The third kappa shape index (κ3) is 35.8. The van der Waals surface area contributed by atoms with Gasteiger partial charge in [0.15, 0.2) is 0 Å². The Kier molecular flexibility index (Phi) is 13.3. The van der Waals surface area contributed by atoms with Gasteiger partial charge >= 0.3 is 0 Å². The number of carbonyl (C=O) groups excluding carboxylic acids is 1. The lowest BCUT2D eigenvalue weighted by molar-refractivity contribution is -0.108. The minimum Gasteiger partial charge on any atom is -0.303 e. The van der Waals surface area contributed by atoms with Crippen molar-refractivity contribution in [3.05, 3.63) is 0 Å². The van der Waals surface area contributed by atoms with E-state index in [0.29, 0.717) is 6.54 Å². The van der Waals surface area contributed by atoms with Crippen LogP contribution in [0.15, 0.2) is 0 Å². The molecule has 0 saturated carbocycles. The zero-order valence-corrected chi connectivity index (χ0v) is 6.22. The molecule has 0 aliphatic rings. The van der Waals surface area contributed by atoms with Crippen LogP contribution in [-0.2, 0) is 4.79 Å². The summed E-state index contributed by atoms with van der Waals surface area (Å²) in [4.78, 5) is 11.4. The quantitative estimate of drug-likeness (QED) is 0.283. The number of aldehydes is 1. The molecule has 4 nitrogen and oxygen atoms in total. The van der Waals surface area contributed by atoms with Crippen LogP contribution in [0.5, 0.6) is 0 Å². The third-order valence-electron chi connectivity index (χ3n) is 0.440. The lowest BCUT2D eigenvalue weighted by Gasteiger charge is -1.99. The molecule has 0 aromatic rings. The first-order valence-electron chi connectivity index (χ1n) is 2.64. The smallest absolute Gasteiger partial charge is 0.133 e. The van der Waals surface area contributed by atoms with Gasteiger partial charge in [0.05, 0.1) is 6.54 Å². The van der Waals surface area contributed by atoms with E-state index in [1.54, 1.807) is 7.05 Å². The summed E-state index contributed by atoms with van der Waals surface area (Å²) in [6.07, 6.45) is 0.875. The van der Waals surface area contributed by atoms with Gasteiger partial charge in [-0.05, 0) is 21.1 Å². The average Bonchev–Trinajstić information content (AvgIpc) is 1.67. The van der Waals surface area contributed by atoms with Crippen LogP contribution in [-0.4, -0.2) is 38.9 Å². The Morgan fingerprint density at radius 2 is 2.00 bits per heavy atom. The number of hydrogen-bond donors (Lipinski definition) is 2. The summed E-state index contributed by atoms with van der Waals surface area (Å²) >= 11 is 0. The Hall–Kier alpha value is -0.450. The summed E-state index contributed by atoms with van der Waals surface area (Å²) in [7, 11) is 5.36. The molecule has 0 spiro atoms. The molecule has 0 amide bonds. The van der Waals surface area contributed by atoms with Crippen molar-refractivity contribution in [2.45, 2.75) is 0 Å². The zero-order valence-electron chi connectivity index (χ0n) is 6.22. The summed E-state index contributed by atoms with van der Waals surface area (Å²) in [6.45, 7) is 0.528. The maximum atomic E-state index is 9.57. The molecule has 0 saturated heterocycles. The maximum absolute atomic E-state index is 9.57. The number of hydrogen-bond acceptors (Lipinski definition) is 4. The molecule has 56 valence electrons. The van der Waals surface area contributed by atoms with Crippen molar-refractivity contribution in [3.63, 3.8) is 0 Å². The van der Waals surface area contributed by atoms with Crippen LogP contribution in [0.2, 0.25) is 0 Å². The highest BCUT2D eigenvalue weighted by Gasteiger charge is 1.79. The largest absolute Gasteiger partial charge is 0.303 e. The van der Waals surface area contributed by atoms with E-state index in [1.165, 1.54) is 0 Å². The monoisotopic (exact) mass is 133 g/mol. The second-order valence-electron chi connectivity index (χ2n) is 1.72. The van der Waals surface area contributed by atoms with E-state index in [4.69, 9.17) is 0 Å².